The number of halogens is 4. The van der Waals surface area contributed by atoms with E-state index in [0.717, 1.165) is 0 Å². The molecule has 0 amide bonds. The molecule has 2 rings (SSSR count). The third-order valence-corrected chi connectivity index (χ3v) is 3.64. The molecule has 0 aliphatic rings. The Morgan fingerprint density at radius 3 is 1.36 bits per heavy atom. The Hall–Kier alpha value is -1.46. The lowest BCUT2D eigenvalue weighted by molar-refractivity contribution is 0.107. The van der Waals surface area contributed by atoms with Gasteiger partial charge in [0.05, 0.1) is 32.5 Å². The van der Waals surface area contributed by atoms with Crippen LogP contribution in [0.5, 0.6) is 0 Å². The van der Waals surface area contributed by atoms with Gasteiger partial charge in [0.25, 0.3) is 10.5 Å². The summed E-state index contributed by atoms with van der Waals surface area (Å²) in [5, 5.41) is 6.98. The number of rotatable bonds is 4. The Kier molecular flexibility index (Phi) is 5.53. The van der Waals surface area contributed by atoms with Crippen molar-refractivity contribution in [3.8, 4) is 0 Å². The summed E-state index contributed by atoms with van der Waals surface area (Å²) in [4.78, 5) is 22.1. The molecular formula is C14H6Cl4N2O2. The van der Waals surface area contributed by atoms with E-state index in [9.17, 15) is 9.59 Å². The average Bonchev–Trinajstić information content (AvgIpc) is 2.44. The Morgan fingerprint density at radius 1 is 0.727 bits per heavy atom. The second kappa shape index (κ2) is 7.20. The summed E-state index contributed by atoms with van der Waals surface area (Å²) in [6.45, 7) is 0. The maximum absolute atomic E-state index is 11.1. The van der Waals surface area contributed by atoms with Crippen LogP contribution in [-0.4, -0.2) is 10.5 Å². The van der Waals surface area contributed by atoms with Crippen LogP contribution in [0.25, 0.3) is 0 Å². The molecule has 4 nitrogen and oxygen atoms in total. The molecule has 0 bridgehead atoms. The van der Waals surface area contributed by atoms with E-state index in [4.69, 9.17) is 46.4 Å². The minimum Gasteiger partial charge on any atom is -0.276 e. The second-order valence-corrected chi connectivity index (χ2v) is 5.58. The van der Waals surface area contributed by atoms with Gasteiger partial charge in [0.1, 0.15) is 0 Å². The van der Waals surface area contributed by atoms with Gasteiger partial charge in [-0.15, -0.1) is 0 Å². The molecule has 0 spiro atoms. The summed E-state index contributed by atoms with van der Waals surface area (Å²) in [6, 6.07) is 8.91. The summed E-state index contributed by atoms with van der Waals surface area (Å²) in [6.07, 6.45) is 0. The molecule has 0 unspecified atom stereocenters. The number of benzene rings is 2. The fourth-order valence-corrected chi connectivity index (χ4v) is 2.51. The maximum atomic E-state index is 11.1. The van der Waals surface area contributed by atoms with Crippen molar-refractivity contribution in [3.63, 3.8) is 0 Å². The first-order valence-corrected chi connectivity index (χ1v) is 7.30. The molecule has 0 aromatic heterocycles. The fourth-order valence-electron chi connectivity index (χ4n) is 1.57. The van der Waals surface area contributed by atoms with E-state index in [0.29, 0.717) is 11.4 Å². The number of carbonyl (C=O) groups is 2. The van der Waals surface area contributed by atoms with Gasteiger partial charge in [-0.1, -0.05) is 23.2 Å². The zero-order valence-corrected chi connectivity index (χ0v) is 13.7. The number of hydrogen-bond acceptors (Lipinski definition) is 4. The molecule has 8 heteroatoms. The van der Waals surface area contributed by atoms with Crippen molar-refractivity contribution >= 4 is 68.3 Å². The molecule has 0 radical (unpaired) electrons. The van der Waals surface area contributed by atoms with Crippen molar-refractivity contribution in [2.45, 2.75) is 0 Å². The molecular weight excluding hydrogens is 370 g/mol. The minimum atomic E-state index is -0.651. The number of carbonyl (C=O) groups excluding carboxylic acids is 2. The van der Waals surface area contributed by atoms with E-state index in [2.05, 4.69) is 10.2 Å². The summed E-state index contributed by atoms with van der Waals surface area (Å²) < 4.78 is 0. The minimum absolute atomic E-state index is 0.178. The van der Waals surface area contributed by atoms with Crippen LogP contribution in [0.1, 0.15) is 20.7 Å². The highest BCUT2D eigenvalue weighted by Crippen LogP contribution is 2.28. The summed E-state index contributed by atoms with van der Waals surface area (Å²) in [5.41, 5.74) is 1.24. The molecule has 22 heavy (non-hydrogen) atoms. The van der Waals surface area contributed by atoms with Crippen LogP contribution >= 0.6 is 46.4 Å². The first-order chi connectivity index (χ1) is 10.4. The van der Waals surface area contributed by atoms with E-state index < -0.39 is 10.5 Å². The van der Waals surface area contributed by atoms with E-state index >= 15 is 0 Å². The van der Waals surface area contributed by atoms with Gasteiger partial charge in [0.15, 0.2) is 0 Å². The fraction of sp³-hybridized carbons (Fsp3) is 0. The second-order valence-electron chi connectivity index (χ2n) is 4.08. The average molecular weight is 376 g/mol. The molecule has 112 valence electrons. The van der Waals surface area contributed by atoms with Gasteiger partial charge >= 0.3 is 0 Å². The highest BCUT2D eigenvalue weighted by atomic mass is 35.5. The third-order valence-electron chi connectivity index (χ3n) is 2.61. The van der Waals surface area contributed by atoms with Crippen LogP contribution < -0.4 is 0 Å². The normalized spacial score (nSPS) is 10.9. The molecule has 2 aromatic rings. The molecule has 0 aliphatic heterocycles. The predicted octanol–water partition coefficient (Wildman–Crippen LogP) is 6.17. The lowest BCUT2D eigenvalue weighted by atomic mass is 10.2. The number of nitrogens with zero attached hydrogens (tertiary/aromatic N) is 2. The van der Waals surface area contributed by atoms with Gasteiger partial charge in [-0.25, -0.2) is 0 Å². The lowest BCUT2D eigenvalue weighted by Gasteiger charge is -2.00. The van der Waals surface area contributed by atoms with Gasteiger partial charge in [0.2, 0.25) is 0 Å². The van der Waals surface area contributed by atoms with E-state index in [1.165, 1.54) is 24.3 Å². The summed E-state index contributed by atoms with van der Waals surface area (Å²) in [7, 11) is 0. The molecule has 0 heterocycles. The Labute approximate surface area is 145 Å². The first-order valence-electron chi connectivity index (χ1n) is 5.79. The Balaban J connectivity index is 2.25. The molecule has 0 aliphatic carbocycles. The van der Waals surface area contributed by atoms with Crippen molar-refractivity contribution < 1.29 is 9.59 Å². The number of hydrogen-bond donors (Lipinski definition) is 0. The van der Waals surface area contributed by atoms with E-state index in [1.54, 1.807) is 12.1 Å². The van der Waals surface area contributed by atoms with Crippen LogP contribution in [0.2, 0.25) is 10.0 Å². The molecule has 2 aromatic carbocycles. The van der Waals surface area contributed by atoms with Crippen LogP contribution in [-0.2, 0) is 0 Å². The molecule has 0 atom stereocenters. The smallest absolute Gasteiger partial charge is 0.253 e. The summed E-state index contributed by atoms with van der Waals surface area (Å²) in [5.74, 6) is 0. The number of azo groups is 1. The van der Waals surface area contributed by atoms with Crippen molar-refractivity contribution in [1.29, 1.82) is 0 Å². The third kappa shape index (κ3) is 4.05. The molecule has 0 saturated heterocycles. The Morgan fingerprint density at radius 2 is 1.09 bits per heavy atom. The van der Waals surface area contributed by atoms with Crippen LogP contribution in [0.15, 0.2) is 46.6 Å². The van der Waals surface area contributed by atoms with Gasteiger partial charge in [-0.3, -0.25) is 9.59 Å². The SMILES string of the molecule is O=C(Cl)c1ccc(N=Nc2ccc(C(=O)Cl)c(Cl)c2)cc1Cl. The van der Waals surface area contributed by atoms with Gasteiger partial charge in [-0.2, -0.15) is 10.2 Å². The standard InChI is InChI=1S/C14H6Cl4N2O2/c15-11-5-7(1-3-9(11)13(17)21)19-20-8-2-4-10(14(18)22)12(16)6-8/h1-6H. The van der Waals surface area contributed by atoms with Crippen LogP contribution in [0.4, 0.5) is 11.4 Å². The van der Waals surface area contributed by atoms with Crippen LogP contribution in [0.3, 0.4) is 0 Å². The van der Waals surface area contributed by atoms with Crippen molar-refractivity contribution in [1.82, 2.24) is 0 Å². The highest BCUT2D eigenvalue weighted by Gasteiger charge is 2.09. The van der Waals surface area contributed by atoms with Gasteiger partial charge in [-0.05, 0) is 59.6 Å². The van der Waals surface area contributed by atoms with Gasteiger partial charge in [0, 0.05) is 0 Å². The first kappa shape index (κ1) is 16.9. The zero-order valence-electron chi connectivity index (χ0n) is 10.7. The zero-order chi connectivity index (χ0) is 16.3. The quantitative estimate of drug-likeness (QED) is 0.474. The largest absolute Gasteiger partial charge is 0.276 e. The predicted molar refractivity (Wildman–Crippen MR) is 87.4 cm³/mol. The van der Waals surface area contributed by atoms with E-state index in [1.807, 2.05) is 0 Å². The monoisotopic (exact) mass is 374 g/mol. The Bertz CT molecular complexity index is 725. The van der Waals surface area contributed by atoms with Crippen molar-refractivity contribution in [2.24, 2.45) is 10.2 Å². The molecule has 0 saturated carbocycles. The van der Waals surface area contributed by atoms with Crippen molar-refractivity contribution in [3.05, 3.63) is 57.6 Å². The maximum Gasteiger partial charge on any atom is 0.253 e. The summed E-state index contributed by atoms with van der Waals surface area (Å²) >= 11 is 22.5. The van der Waals surface area contributed by atoms with E-state index in [-0.39, 0.29) is 21.2 Å². The molecule has 0 N–H and O–H groups in total. The van der Waals surface area contributed by atoms with Gasteiger partial charge < -0.3 is 0 Å². The van der Waals surface area contributed by atoms with Crippen LogP contribution in [0, 0.1) is 0 Å². The molecule has 0 fully saturated rings. The topological polar surface area (TPSA) is 58.9 Å². The lowest BCUT2D eigenvalue weighted by Crippen LogP contribution is -1.89. The highest BCUT2D eigenvalue weighted by molar-refractivity contribution is 6.69. The van der Waals surface area contributed by atoms with Crippen molar-refractivity contribution in [2.75, 3.05) is 0 Å².